The standard InChI is InChI=1S/C28H26FN9O2S/c1-15(2)34-21-7-18(10-30-12-21)19-8-22-26(37-38-27(22)32-11-19)28-35-24-14-31-13-23(25(24)36-28)17-4-16(5-20(29)6-17)9-33-41(3,39)40/h4-8,10-15,33-34H,9H2,1-3H3,(H,35,36)(H,32,37,38). The summed E-state index contributed by atoms with van der Waals surface area (Å²) in [6, 6.07) is 8.64. The number of fused-ring (bicyclic) bond motifs is 2. The van der Waals surface area contributed by atoms with E-state index in [-0.39, 0.29) is 12.6 Å². The molecule has 41 heavy (non-hydrogen) atoms. The van der Waals surface area contributed by atoms with E-state index in [4.69, 9.17) is 4.98 Å². The number of nitrogens with one attached hydrogen (secondary N) is 4. The summed E-state index contributed by atoms with van der Waals surface area (Å²) in [5.74, 6) is -0.0113. The molecule has 0 aliphatic rings. The summed E-state index contributed by atoms with van der Waals surface area (Å²) >= 11 is 0. The SMILES string of the molecule is CC(C)Nc1cncc(-c2cnc3[nH]nc(-c4nc5c(-c6cc(F)cc(CNS(C)(=O)=O)c6)cncc5[nH]4)c3c2)c1. The van der Waals surface area contributed by atoms with Gasteiger partial charge >= 0.3 is 0 Å². The Kier molecular flexibility index (Phi) is 6.67. The van der Waals surface area contributed by atoms with Crippen molar-refractivity contribution in [3.8, 4) is 33.8 Å². The van der Waals surface area contributed by atoms with E-state index in [1.807, 2.05) is 12.1 Å². The first-order chi connectivity index (χ1) is 19.6. The number of hydrogen-bond acceptors (Lipinski definition) is 8. The van der Waals surface area contributed by atoms with Crippen LogP contribution in [-0.2, 0) is 16.6 Å². The first kappa shape index (κ1) is 26.5. The molecule has 0 saturated carbocycles. The molecule has 208 valence electrons. The van der Waals surface area contributed by atoms with Crippen LogP contribution in [0.5, 0.6) is 0 Å². The van der Waals surface area contributed by atoms with Crippen molar-refractivity contribution >= 4 is 37.8 Å². The molecule has 0 aliphatic heterocycles. The number of halogens is 1. The zero-order valence-corrected chi connectivity index (χ0v) is 23.2. The van der Waals surface area contributed by atoms with Gasteiger partial charge in [-0.1, -0.05) is 0 Å². The Balaban J connectivity index is 1.40. The molecule has 6 rings (SSSR count). The number of rotatable bonds is 8. The third-order valence-electron chi connectivity index (χ3n) is 6.37. The summed E-state index contributed by atoms with van der Waals surface area (Å²) < 4.78 is 40.0. The smallest absolute Gasteiger partial charge is 0.209 e. The first-order valence-electron chi connectivity index (χ1n) is 12.8. The largest absolute Gasteiger partial charge is 0.382 e. The maximum atomic E-state index is 14.5. The van der Waals surface area contributed by atoms with Gasteiger partial charge in [-0.3, -0.25) is 15.1 Å². The van der Waals surface area contributed by atoms with Crippen molar-refractivity contribution < 1.29 is 12.8 Å². The minimum atomic E-state index is -3.44. The molecule has 1 aromatic carbocycles. The third kappa shape index (κ3) is 5.62. The van der Waals surface area contributed by atoms with Crippen LogP contribution in [0.2, 0.25) is 0 Å². The number of nitrogens with zero attached hydrogens (tertiary/aromatic N) is 5. The van der Waals surface area contributed by atoms with Crippen LogP contribution in [-0.4, -0.2) is 55.8 Å². The van der Waals surface area contributed by atoms with Crippen LogP contribution in [0.3, 0.4) is 0 Å². The van der Waals surface area contributed by atoms with Crippen LogP contribution in [0, 0.1) is 5.82 Å². The molecule has 0 amide bonds. The molecule has 0 spiro atoms. The fraction of sp³-hybridized carbons (Fsp3) is 0.179. The number of aromatic amines is 2. The van der Waals surface area contributed by atoms with E-state index >= 15 is 0 Å². The topological polar surface area (TPSA) is 154 Å². The minimum absolute atomic E-state index is 0.0423. The third-order valence-corrected chi connectivity index (χ3v) is 7.04. The van der Waals surface area contributed by atoms with Gasteiger partial charge in [-0.25, -0.2) is 27.5 Å². The van der Waals surface area contributed by atoms with Gasteiger partial charge in [0.1, 0.15) is 11.5 Å². The second kappa shape index (κ2) is 10.3. The second-order valence-electron chi connectivity index (χ2n) is 10.1. The van der Waals surface area contributed by atoms with Crippen molar-refractivity contribution in [1.82, 2.24) is 39.8 Å². The molecule has 11 nitrogen and oxygen atoms in total. The van der Waals surface area contributed by atoms with Crippen LogP contribution in [0.1, 0.15) is 19.4 Å². The van der Waals surface area contributed by atoms with Crippen molar-refractivity contribution in [2.75, 3.05) is 11.6 Å². The molecule has 0 fully saturated rings. The van der Waals surface area contributed by atoms with Crippen molar-refractivity contribution in [3.63, 3.8) is 0 Å². The summed E-state index contributed by atoms with van der Waals surface area (Å²) in [6.07, 6.45) is 9.62. The van der Waals surface area contributed by atoms with Crippen LogP contribution in [0.25, 0.3) is 55.8 Å². The molecule has 0 radical (unpaired) electrons. The van der Waals surface area contributed by atoms with Crippen LogP contribution < -0.4 is 10.0 Å². The van der Waals surface area contributed by atoms with Gasteiger partial charge in [0.2, 0.25) is 10.0 Å². The monoisotopic (exact) mass is 571 g/mol. The number of imidazole rings is 1. The second-order valence-corrected chi connectivity index (χ2v) is 11.9. The van der Waals surface area contributed by atoms with E-state index in [0.29, 0.717) is 44.9 Å². The van der Waals surface area contributed by atoms with E-state index in [9.17, 15) is 12.8 Å². The van der Waals surface area contributed by atoms with Gasteiger partial charge in [0.15, 0.2) is 11.5 Å². The van der Waals surface area contributed by atoms with E-state index in [1.165, 1.54) is 12.1 Å². The lowest BCUT2D eigenvalue weighted by Gasteiger charge is -2.10. The molecule has 5 heterocycles. The molecule has 5 aromatic heterocycles. The van der Waals surface area contributed by atoms with Gasteiger partial charge in [-0.2, -0.15) is 5.10 Å². The number of benzene rings is 1. The predicted octanol–water partition coefficient (Wildman–Crippen LogP) is 4.63. The number of aromatic nitrogens is 7. The minimum Gasteiger partial charge on any atom is -0.382 e. The lowest BCUT2D eigenvalue weighted by atomic mass is 10.0. The maximum Gasteiger partial charge on any atom is 0.209 e. The molecular formula is C28H26FN9O2S. The van der Waals surface area contributed by atoms with Crippen molar-refractivity contribution in [2.45, 2.75) is 26.4 Å². The molecule has 0 atom stereocenters. The summed E-state index contributed by atoms with van der Waals surface area (Å²) in [4.78, 5) is 21.3. The Morgan fingerprint density at radius 2 is 1.76 bits per heavy atom. The van der Waals surface area contributed by atoms with Gasteiger partial charge in [0.25, 0.3) is 0 Å². The van der Waals surface area contributed by atoms with E-state index in [0.717, 1.165) is 28.5 Å². The van der Waals surface area contributed by atoms with Crippen molar-refractivity contribution in [1.29, 1.82) is 0 Å². The summed E-state index contributed by atoms with van der Waals surface area (Å²) in [7, 11) is -3.44. The normalized spacial score (nSPS) is 12.0. The number of H-pyrrole nitrogens is 2. The van der Waals surface area contributed by atoms with Gasteiger partial charge in [0, 0.05) is 54.1 Å². The van der Waals surface area contributed by atoms with Gasteiger partial charge in [-0.05, 0) is 55.3 Å². The lowest BCUT2D eigenvalue weighted by molar-refractivity contribution is 0.586. The molecular weight excluding hydrogens is 545 g/mol. The van der Waals surface area contributed by atoms with E-state index in [1.54, 1.807) is 37.1 Å². The summed E-state index contributed by atoms with van der Waals surface area (Å²) in [6.45, 7) is 4.09. The van der Waals surface area contributed by atoms with E-state index < -0.39 is 15.8 Å². The highest BCUT2D eigenvalue weighted by Gasteiger charge is 2.18. The Morgan fingerprint density at radius 3 is 2.56 bits per heavy atom. The quantitative estimate of drug-likeness (QED) is 0.206. The number of hydrogen-bond donors (Lipinski definition) is 4. The molecule has 6 aromatic rings. The molecule has 0 aliphatic carbocycles. The van der Waals surface area contributed by atoms with E-state index in [2.05, 4.69) is 54.0 Å². The average molecular weight is 572 g/mol. The highest BCUT2D eigenvalue weighted by Crippen LogP contribution is 2.33. The number of pyridine rings is 3. The van der Waals surface area contributed by atoms with Crippen molar-refractivity contribution in [2.24, 2.45) is 0 Å². The Labute approximate surface area is 234 Å². The number of sulfonamides is 1. The fourth-order valence-electron chi connectivity index (χ4n) is 4.63. The maximum absolute atomic E-state index is 14.5. The van der Waals surface area contributed by atoms with Gasteiger partial charge in [0.05, 0.1) is 34.6 Å². The molecule has 0 saturated heterocycles. The number of anilines is 1. The van der Waals surface area contributed by atoms with Gasteiger partial charge in [-0.15, -0.1) is 0 Å². The fourth-order valence-corrected chi connectivity index (χ4v) is 5.06. The lowest BCUT2D eigenvalue weighted by Crippen LogP contribution is -2.21. The highest BCUT2D eigenvalue weighted by atomic mass is 32.2. The van der Waals surface area contributed by atoms with Crippen LogP contribution in [0.15, 0.2) is 61.3 Å². The predicted molar refractivity (Wildman–Crippen MR) is 156 cm³/mol. The zero-order valence-electron chi connectivity index (χ0n) is 22.4. The van der Waals surface area contributed by atoms with Crippen molar-refractivity contribution in [3.05, 3.63) is 72.7 Å². The Hall–Kier alpha value is -4.75. The van der Waals surface area contributed by atoms with Gasteiger partial charge < -0.3 is 10.3 Å². The Morgan fingerprint density at radius 1 is 0.951 bits per heavy atom. The van der Waals surface area contributed by atoms with Crippen LogP contribution >= 0.6 is 0 Å². The summed E-state index contributed by atoms with van der Waals surface area (Å²) in [5, 5.41) is 11.6. The average Bonchev–Trinajstić information content (AvgIpc) is 3.54. The molecule has 4 N–H and O–H groups in total. The molecule has 0 bridgehead atoms. The van der Waals surface area contributed by atoms with Crippen LogP contribution in [0.4, 0.5) is 10.1 Å². The summed E-state index contributed by atoms with van der Waals surface area (Å²) in [5.41, 5.74) is 6.63. The zero-order chi connectivity index (χ0) is 28.7. The molecule has 0 unspecified atom stereocenters. The first-order valence-corrected chi connectivity index (χ1v) is 14.7. The molecule has 13 heteroatoms. The Bertz CT molecular complexity index is 2020. The highest BCUT2D eigenvalue weighted by molar-refractivity contribution is 7.88.